The standard InChI is InChI=1S/C22H23N3OS/c1-15-8-10-22(14-25-15,27-20-12-16(13-23)9-11-24-20)21(26)19-5-3-2-4-18(19)17-6-7-17/h2-5,9,11-12,15,17,25H,6-8,10,14H2,1H3/t15-,22-/m1/s1. The molecule has 27 heavy (non-hydrogen) atoms. The predicted octanol–water partition coefficient (Wildman–Crippen LogP) is 4.32. The van der Waals surface area contributed by atoms with Crippen LogP contribution >= 0.6 is 11.8 Å². The van der Waals surface area contributed by atoms with Crippen molar-refractivity contribution in [3.8, 4) is 6.07 Å². The van der Waals surface area contributed by atoms with E-state index in [-0.39, 0.29) is 5.78 Å². The van der Waals surface area contributed by atoms with Crippen molar-refractivity contribution >= 4 is 17.5 Å². The van der Waals surface area contributed by atoms with Crippen molar-refractivity contribution in [2.75, 3.05) is 6.54 Å². The molecule has 1 aliphatic carbocycles. The van der Waals surface area contributed by atoms with Crippen LogP contribution in [0.4, 0.5) is 0 Å². The molecule has 2 fully saturated rings. The Balaban J connectivity index is 1.70. The van der Waals surface area contributed by atoms with E-state index >= 15 is 0 Å². The third-order valence-corrected chi connectivity index (χ3v) is 6.87. The molecule has 0 unspecified atom stereocenters. The molecule has 1 aliphatic heterocycles. The van der Waals surface area contributed by atoms with Crippen LogP contribution in [0.1, 0.15) is 60.0 Å². The Morgan fingerprint density at radius 3 is 2.81 bits per heavy atom. The van der Waals surface area contributed by atoms with Gasteiger partial charge in [0.2, 0.25) is 0 Å². The largest absolute Gasteiger partial charge is 0.312 e. The average molecular weight is 378 g/mol. The first-order chi connectivity index (χ1) is 13.1. The van der Waals surface area contributed by atoms with E-state index in [0.29, 0.717) is 24.1 Å². The molecule has 4 rings (SSSR count). The van der Waals surface area contributed by atoms with E-state index in [1.165, 1.54) is 30.2 Å². The summed E-state index contributed by atoms with van der Waals surface area (Å²) in [6, 6.07) is 14.1. The van der Waals surface area contributed by atoms with Gasteiger partial charge in [0.1, 0.15) is 0 Å². The van der Waals surface area contributed by atoms with Crippen LogP contribution in [0, 0.1) is 11.3 Å². The van der Waals surface area contributed by atoms with Crippen molar-refractivity contribution in [1.82, 2.24) is 10.3 Å². The lowest BCUT2D eigenvalue weighted by Gasteiger charge is -2.38. The number of benzene rings is 1. The SMILES string of the molecule is C[C@@H]1CC[C@](Sc2cc(C#N)ccn2)(C(=O)c2ccccc2C2CC2)CN1. The quantitative estimate of drug-likeness (QED) is 0.786. The number of nitrogens with zero attached hydrogens (tertiary/aromatic N) is 2. The van der Waals surface area contributed by atoms with Crippen LogP contribution in [0.3, 0.4) is 0 Å². The zero-order valence-electron chi connectivity index (χ0n) is 15.4. The summed E-state index contributed by atoms with van der Waals surface area (Å²) >= 11 is 1.51. The molecule has 2 aromatic rings. The van der Waals surface area contributed by atoms with Gasteiger partial charge in [-0.1, -0.05) is 36.0 Å². The molecular weight excluding hydrogens is 354 g/mol. The van der Waals surface area contributed by atoms with Crippen molar-refractivity contribution in [3.63, 3.8) is 0 Å². The number of nitrogens with one attached hydrogen (secondary N) is 1. The van der Waals surface area contributed by atoms with Gasteiger partial charge in [0, 0.05) is 24.3 Å². The molecule has 1 saturated carbocycles. The van der Waals surface area contributed by atoms with Crippen LogP contribution in [0.15, 0.2) is 47.6 Å². The molecule has 1 aromatic heterocycles. The summed E-state index contributed by atoms with van der Waals surface area (Å²) in [5.41, 5.74) is 2.63. The second kappa shape index (κ2) is 7.46. The fourth-order valence-electron chi connectivity index (χ4n) is 3.74. The number of Topliss-reactive ketones (excluding diaryl/α,β-unsaturated/α-hetero) is 1. The number of nitriles is 1. The van der Waals surface area contributed by atoms with Gasteiger partial charge >= 0.3 is 0 Å². The van der Waals surface area contributed by atoms with E-state index in [1.807, 2.05) is 18.2 Å². The number of hydrogen-bond donors (Lipinski definition) is 1. The maximum Gasteiger partial charge on any atom is 0.180 e. The van der Waals surface area contributed by atoms with Gasteiger partial charge in [-0.15, -0.1) is 0 Å². The fraction of sp³-hybridized carbons (Fsp3) is 0.409. The minimum atomic E-state index is -0.585. The second-order valence-corrected chi connectivity index (χ2v) is 9.01. The first-order valence-electron chi connectivity index (χ1n) is 9.53. The van der Waals surface area contributed by atoms with Crippen molar-refractivity contribution in [2.24, 2.45) is 0 Å². The highest BCUT2D eigenvalue weighted by molar-refractivity contribution is 8.01. The lowest BCUT2D eigenvalue weighted by Crippen LogP contribution is -2.52. The average Bonchev–Trinajstić information content (AvgIpc) is 3.55. The van der Waals surface area contributed by atoms with Crippen LogP contribution in [-0.2, 0) is 0 Å². The topological polar surface area (TPSA) is 65.8 Å². The van der Waals surface area contributed by atoms with Crippen LogP contribution in [0.5, 0.6) is 0 Å². The molecule has 4 nitrogen and oxygen atoms in total. The summed E-state index contributed by atoms with van der Waals surface area (Å²) < 4.78 is -0.585. The van der Waals surface area contributed by atoms with Crippen molar-refractivity contribution in [3.05, 3.63) is 59.3 Å². The highest BCUT2D eigenvalue weighted by atomic mass is 32.2. The van der Waals surface area contributed by atoms with Gasteiger partial charge in [0.15, 0.2) is 5.78 Å². The van der Waals surface area contributed by atoms with E-state index in [4.69, 9.17) is 0 Å². The summed E-state index contributed by atoms with van der Waals surface area (Å²) in [5.74, 6) is 0.723. The zero-order chi connectivity index (χ0) is 18.9. The summed E-state index contributed by atoms with van der Waals surface area (Å²) in [5, 5.41) is 13.4. The molecule has 0 radical (unpaired) electrons. The van der Waals surface area contributed by atoms with E-state index in [9.17, 15) is 10.1 Å². The van der Waals surface area contributed by atoms with Crippen LogP contribution in [0.2, 0.25) is 0 Å². The smallest absolute Gasteiger partial charge is 0.180 e. The summed E-state index contributed by atoms with van der Waals surface area (Å²) in [7, 11) is 0. The maximum atomic E-state index is 13.8. The Morgan fingerprint density at radius 1 is 1.30 bits per heavy atom. The normalized spacial score (nSPS) is 25.0. The number of carbonyl (C=O) groups excluding carboxylic acids is 1. The monoisotopic (exact) mass is 377 g/mol. The second-order valence-electron chi connectivity index (χ2n) is 7.60. The third kappa shape index (κ3) is 3.78. The van der Waals surface area contributed by atoms with Gasteiger partial charge in [-0.3, -0.25) is 4.79 Å². The summed E-state index contributed by atoms with van der Waals surface area (Å²) in [6.07, 6.45) is 5.75. The van der Waals surface area contributed by atoms with E-state index < -0.39 is 4.75 Å². The molecule has 1 saturated heterocycles. The molecule has 2 heterocycles. The Labute approximate surface area is 164 Å². The van der Waals surface area contributed by atoms with Crippen molar-refractivity contribution in [1.29, 1.82) is 5.26 Å². The van der Waals surface area contributed by atoms with Crippen LogP contribution in [-0.4, -0.2) is 28.1 Å². The number of rotatable bonds is 5. The van der Waals surface area contributed by atoms with Gasteiger partial charge in [0.25, 0.3) is 0 Å². The number of pyridine rings is 1. The third-order valence-electron chi connectivity index (χ3n) is 5.52. The minimum absolute atomic E-state index is 0.193. The predicted molar refractivity (Wildman–Crippen MR) is 107 cm³/mol. The Bertz CT molecular complexity index is 892. The van der Waals surface area contributed by atoms with E-state index in [0.717, 1.165) is 23.4 Å². The van der Waals surface area contributed by atoms with E-state index in [1.54, 1.807) is 18.3 Å². The number of piperidine rings is 1. The highest BCUT2D eigenvalue weighted by Gasteiger charge is 2.44. The van der Waals surface area contributed by atoms with Crippen LogP contribution in [0.25, 0.3) is 0 Å². The van der Waals surface area contributed by atoms with Crippen molar-refractivity contribution in [2.45, 2.75) is 54.3 Å². The molecule has 1 aromatic carbocycles. The lowest BCUT2D eigenvalue weighted by molar-refractivity contribution is 0.0918. The first-order valence-corrected chi connectivity index (χ1v) is 10.4. The zero-order valence-corrected chi connectivity index (χ0v) is 16.3. The molecule has 0 bridgehead atoms. The molecule has 0 amide bonds. The molecule has 138 valence electrons. The van der Waals surface area contributed by atoms with Gasteiger partial charge in [0.05, 0.1) is 21.4 Å². The van der Waals surface area contributed by atoms with Gasteiger partial charge in [-0.25, -0.2) is 4.98 Å². The maximum absolute atomic E-state index is 13.8. The molecule has 2 aliphatic rings. The molecule has 1 N–H and O–H groups in total. The number of ketones is 1. The number of carbonyl (C=O) groups is 1. The summed E-state index contributed by atoms with van der Waals surface area (Å²) in [6.45, 7) is 2.78. The summed E-state index contributed by atoms with van der Waals surface area (Å²) in [4.78, 5) is 18.2. The lowest BCUT2D eigenvalue weighted by atomic mass is 9.85. The Kier molecular flexibility index (Phi) is 5.03. The molecule has 2 atom stereocenters. The van der Waals surface area contributed by atoms with Gasteiger partial charge in [-0.2, -0.15) is 5.26 Å². The highest BCUT2D eigenvalue weighted by Crippen LogP contribution is 2.45. The molecule has 5 heteroatoms. The van der Waals surface area contributed by atoms with Crippen LogP contribution < -0.4 is 5.32 Å². The number of hydrogen-bond acceptors (Lipinski definition) is 5. The fourth-order valence-corrected chi connectivity index (χ4v) is 5.02. The Morgan fingerprint density at radius 2 is 2.11 bits per heavy atom. The number of thioether (sulfide) groups is 1. The number of aromatic nitrogens is 1. The van der Waals surface area contributed by atoms with Gasteiger partial charge < -0.3 is 5.32 Å². The van der Waals surface area contributed by atoms with Gasteiger partial charge in [-0.05, 0) is 56.2 Å². The van der Waals surface area contributed by atoms with Crippen molar-refractivity contribution < 1.29 is 4.79 Å². The Hall–Kier alpha value is -2.16. The minimum Gasteiger partial charge on any atom is -0.312 e. The van der Waals surface area contributed by atoms with E-state index in [2.05, 4.69) is 29.4 Å². The molecular formula is C22H23N3OS. The first kappa shape index (κ1) is 18.2. The molecule has 0 spiro atoms.